The quantitative estimate of drug-likeness (QED) is 0.177. The minimum atomic E-state index is 0.0836. The van der Waals surface area contributed by atoms with Crippen molar-refractivity contribution in [1.82, 2.24) is 9.13 Å². The molecule has 0 unspecified atom stereocenters. The van der Waals surface area contributed by atoms with Crippen LogP contribution >= 0.6 is 0 Å². The highest BCUT2D eigenvalue weighted by Gasteiger charge is 2.38. The molecule has 1 aliphatic carbocycles. The molecule has 0 bridgehead atoms. The number of aromatic nitrogens is 2. The maximum absolute atomic E-state index is 6.17. The van der Waals surface area contributed by atoms with E-state index in [9.17, 15) is 0 Å². The van der Waals surface area contributed by atoms with E-state index in [-0.39, 0.29) is 10.8 Å². The SMILES string of the molecule is CC1(C)CCC(C)(C)c2cc3c(cc21)c1c2ccccc2c2c4ccccc4n(-c4ccc(-c5ccc6oc7ccccc7c6c5)cc4)c2c1n3-c1ccccc1. The predicted molar refractivity (Wildman–Crippen MR) is 241 cm³/mol. The molecule has 0 radical (unpaired) electrons. The van der Waals surface area contributed by atoms with Gasteiger partial charge >= 0.3 is 0 Å². The second kappa shape index (κ2) is 11.5. The summed E-state index contributed by atoms with van der Waals surface area (Å²) in [5, 5.41) is 10.1. The zero-order chi connectivity index (χ0) is 38.2. The molecule has 0 aliphatic heterocycles. The molecule has 8 aromatic carbocycles. The number of hydrogen-bond acceptors (Lipinski definition) is 1. The first-order valence-corrected chi connectivity index (χ1v) is 20.3. The van der Waals surface area contributed by atoms with Crippen molar-refractivity contribution in [1.29, 1.82) is 0 Å². The summed E-state index contributed by atoms with van der Waals surface area (Å²) in [4.78, 5) is 0. The van der Waals surface area contributed by atoms with Crippen LogP contribution in [0.2, 0.25) is 0 Å². The standard InChI is InChI=1S/C54H42N2O/c1-53(2)28-29-54(3,4)44-32-46-42(31-43(44)53)50-39-18-9-8-17-38(39)49-40-19-10-12-20-45(40)55(51(49)52(50)56(46)35-14-6-5-7-15-35)36-25-22-33(23-26-36)34-24-27-48-41(30-34)37-16-11-13-21-47(37)57-48/h5-27,30-32H,28-29H2,1-4H3. The van der Waals surface area contributed by atoms with Gasteiger partial charge < -0.3 is 13.6 Å². The van der Waals surface area contributed by atoms with Gasteiger partial charge in [0.2, 0.25) is 0 Å². The first-order chi connectivity index (χ1) is 27.8. The highest BCUT2D eigenvalue weighted by molar-refractivity contribution is 6.36. The molecule has 0 fully saturated rings. The molecule has 3 heterocycles. The van der Waals surface area contributed by atoms with Crippen LogP contribution in [0.15, 0.2) is 162 Å². The first kappa shape index (κ1) is 32.6. The van der Waals surface area contributed by atoms with Gasteiger partial charge in [0.1, 0.15) is 11.2 Å². The number of fused-ring (bicyclic) bond motifs is 14. The Hall–Kier alpha value is -6.58. The van der Waals surface area contributed by atoms with Gasteiger partial charge in [0.05, 0.1) is 22.1 Å². The Morgan fingerprint density at radius 3 is 1.65 bits per heavy atom. The maximum Gasteiger partial charge on any atom is 0.135 e. The number of rotatable bonds is 3. The van der Waals surface area contributed by atoms with Crippen LogP contribution in [-0.4, -0.2) is 9.13 Å². The number of para-hydroxylation sites is 3. The van der Waals surface area contributed by atoms with E-state index in [1.807, 2.05) is 12.1 Å². The van der Waals surface area contributed by atoms with E-state index in [2.05, 4.69) is 182 Å². The van der Waals surface area contributed by atoms with E-state index in [0.717, 1.165) is 27.6 Å². The molecule has 12 rings (SSSR count). The van der Waals surface area contributed by atoms with Crippen molar-refractivity contribution >= 4 is 76.3 Å². The predicted octanol–water partition coefficient (Wildman–Crippen LogP) is 14.9. The fourth-order valence-electron chi connectivity index (χ4n) is 10.3. The smallest absolute Gasteiger partial charge is 0.135 e. The highest BCUT2D eigenvalue weighted by atomic mass is 16.3. The highest BCUT2D eigenvalue weighted by Crippen LogP contribution is 2.51. The Kier molecular flexibility index (Phi) is 6.58. The van der Waals surface area contributed by atoms with Crippen molar-refractivity contribution in [2.24, 2.45) is 0 Å². The molecule has 3 aromatic heterocycles. The van der Waals surface area contributed by atoms with E-state index >= 15 is 0 Å². The Morgan fingerprint density at radius 2 is 0.930 bits per heavy atom. The van der Waals surface area contributed by atoms with Gasteiger partial charge in [-0.1, -0.05) is 125 Å². The van der Waals surface area contributed by atoms with Crippen molar-refractivity contribution < 1.29 is 4.42 Å². The second-order valence-electron chi connectivity index (χ2n) is 17.6. The zero-order valence-corrected chi connectivity index (χ0v) is 32.7. The summed E-state index contributed by atoms with van der Waals surface area (Å²) in [5.41, 5.74) is 14.6. The Morgan fingerprint density at radius 1 is 0.404 bits per heavy atom. The summed E-state index contributed by atoms with van der Waals surface area (Å²) in [5.74, 6) is 0. The number of nitrogens with zero attached hydrogens (tertiary/aromatic N) is 2. The summed E-state index contributed by atoms with van der Waals surface area (Å²) >= 11 is 0. The van der Waals surface area contributed by atoms with Crippen LogP contribution < -0.4 is 0 Å². The van der Waals surface area contributed by atoms with E-state index in [4.69, 9.17) is 4.42 Å². The van der Waals surface area contributed by atoms with E-state index in [0.29, 0.717) is 0 Å². The monoisotopic (exact) mass is 734 g/mol. The molecule has 1 aliphatic rings. The van der Waals surface area contributed by atoms with Gasteiger partial charge in [0.15, 0.2) is 0 Å². The molecule has 57 heavy (non-hydrogen) atoms. The topological polar surface area (TPSA) is 23.0 Å². The molecule has 0 saturated carbocycles. The Balaban J connectivity index is 1.21. The Bertz CT molecular complexity index is 3440. The molecule has 0 spiro atoms. The molecule has 3 nitrogen and oxygen atoms in total. The Labute approximate surface area is 331 Å². The fourth-order valence-corrected chi connectivity index (χ4v) is 10.3. The normalized spacial score (nSPS) is 15.2. The first-order valence-electron chi connectivity index (χ1n) is 20.3. The molecule has 0 atom stereocenters. The maximum atomic E-state index is 6.17. The van der Waals surface area contributed by atoms with Crippen LogP contribution in [0.4, 0.5) is 0 Å². The lowest BCUT2D eigenvalue weighted by Gasteiger charge is -2.42. The van der Waals surface area contributed by atoms with Gasteiger partial charge in [0, 0.05) is 43.7 Å². The van der Waals surface area contributed by atoms with Crippen LogP contribution in [0.3, 0.4) is 0 Å². The lowest BCUT2D eigenvalue weighted by molar-refractivity contribution is 0.332. The summed E-state index contributed by atoms with van der Waals surface area (Å²) in [7, 11) is 0. The minimum Gasteiger partial charge on any atom is -0.456 e. The van der Waals surface area contributed by atoms with Gasteiger partial charge in [-0.2, -0.15) is 0 Å². The van der Waals surface area contributed by atoms with Crippen LogP contribution in [0.25, 0.3) is 98.8 Å². The van der Waals surface area contributed by atoms with Gasteiger partial charge in [-0.25, -0.2) is 0 Å². The van der Waals surface area contributed by atoms with Gasteiger partial charge in [-0.3, -0.25) is 0 Å². The van der Waals surface area contributed by atoms with E-state index in [1.165, 1.54) is 95.2 Å². The summed E-state index contributed by atoms with van der Waals surface area (Å²) in [6.07, 6.45) is 2.35. The average Bonchev–Trinajstić information content (AvgIpc) is 3.90. The van der Waals surface area contributed by atoms with Crippen LogP contribution in [0, 0.1) is 0 Å². The van der Waals surface area contributed by atoms with E-state index in [1.54, 1.807) is 0 Å². The number of benzene rings is 8. The number of furan rings is 1. The molecular formula is C54H42N2O. The molecular weight excluding hydrogens is 693 g/mol. The summed E-state index contributed by atoms with van der Waals surface area (Å²) in [6, 6.07) is 58.3. The largest absolute Gasteiger partial charge is 0.456 e. The van der Waals surface area contributed by atoms with Crippen molar-refractivity contribution in [2.45, 2.75) is 51.4 Å². The number of hydrogen-bond donors (Lipinski definition) is 0. The molecule has 0 N–H and O–H groups in total. The van der Waals surface area contributed by atoms with Gasteiger partial charge in [0.25, 0.3) is 0 Å². The van der Waals surface area contributed by atoms with Gasteiger partial charge in [-0.05, 0) is 117 Å². The second-order valence-corrected chi connectivity index (χ2v) is 17.6. The summed E-state index contributed by atoms with van der Waals surface area (Å²) in [6.45, 7) is 9.76. The summed E-state index contributed by atoms with van der Waals surface area (Å²) < 4.78 is 11.3. The van der Waals surface area contributed by atoms with Crippen LogP contribution in [0.5, 0.6) is 0 Å². The van der Waals surface area contributed by atoms with E-state index < -0.39 is 0 Å². The fraction of sp³-hybridized carbons (Fsp3) is 0.148. The third kappa shape index (κ3) is 4.54. The molecule has 11 aromatic rings. The van der Waals surface area contributed by atoms with Gasteiger partial charge in [-0.15, -0.1) is 0 Å². The van der Waals surface area contributed by atoms with Crippen molar-refractivity contribution in [3.63, 3.8) is 0 Å². The van der Waals surface area contributed by atoms with Crippen molar-refractivity contribution in [3.8, 4) is 22.5 Å². The lowest BCUT2D eigenvalue weighted by atomic mass is 9.63. The molecule has 274 valence electrons. The minimum absolute atomic E-state index is 0.0836. The van der Waals surface area contributed by atoms with Crippen molar-refractivity contribution in [3.05, 3.63) is 169 Å². The third-order valence-electron chi connectivity index (χ3n) is 13.4. The average molecular weight is 735 g/mol. The van der Waals surface area contributed by atoms with Crippen LogP contribution in [-0.2, 0) is 10.8 Å². The lowest BCUT2D eigenvalue weighted by Crippen LogP contribution is -2.33. The molecule has 3 heteroatoms. The molecule has 0 amide bonds. The third-order valence-corrected chi connectivity index (χ3v) is 13.4. The van der Waals surface area contributed by atoms with Crippen molar-refractivity contribution in [2.75, 3.05) is 0 Å². The molecule has 0 saturated heterocycles. The van der Waals surface area contributed by atoms with Crippen LogP contribution in [0.1, 0.15) is 51.7 Å². The zero-order valence-electron chi connectivity index (χ0n) is 32.7.